The van der Waals surface area contributed by atoms with E-state index in [0.717, 1.165) is 12.8 Å². The van der Waals surface area contributed by atoms with Gasteiger partial charge in [0.2, 0.25) is 0 Å². The maximum absolute atomic E-state index is 12.2. The fraction of sp³-hybridized carbons (Fsp3) is 0.385. The summed E-state index contributed by atoms with van der Waals surface area (Å²) in [6.07, 6.45) is 1.01. The Bertz CT molecular complexity index is 440. The van der Waals surface area contributed by atoms with Crippen molar-refractivity contribution in [2.75, 3.05) is 11.9 Å². The standard InChI is InChI=1S/C7H6FNO2.C6H14N2O2/c8-5-1-3-6(4-2-5)9-7(10)11;7-4-2-1-3-5(8)6(9)10/h1-4,9H,(H,10,11);5H,1-4,7-8H2,(H,9,10). The van der Waals surface area contributed by atoms with Gasteiger partial charge in [0.05, 0.1) is 0 Å². The topological polar surface area (TPSA) is 139 Å². The molecule has 0 aliphatic carbocycles. The Labute approximate surface area is 121 Å². The van der Waals surface area contributed by atoms with E-state index in [-0.39, 0.29) is 5.82 Å². The molecule has 0 saturated heterocycles. The zero-order valence-corrected chi connectivity index (χ0v) is 11.5. The molecular weight excluding hydrogens is 281 g/mol. The van der Waals surface area contributed by atoms with Crippen LogP contribution in [0.15, 0.2) is 24.3 Å². The molecule has 1 aromatic carbocycles. The van der Waals surface area contributed by atoms with Crippen LogP contribution in [0.25, 0.3) is 0 Å². The van der Waals surface area contributed by atoms with E-state index in [0.29, 0.717) is 18.7 Å². The lowest BCUT2D eigenvalue weighted by Crippen LogP contribution is -2.29. The first-order valence-electron chi connectivity index (χ1n) is 6.30. The molecule has 8 heteroatoms. The monoisotopic (exact) mass is 301 g/mol. The van der Waals surface area contributed by atoms with Crippen LogP contribution in [-0.2, 0) is 4.79 Å². The molecule has 0 bridgehead atoms. The molecule has 1 unspecified atom stereocenters. The first kappa shape index (κ1) is 18.8. The van der Waals surface area contributed by atoms with Crippen LogP contribution in [0.5, 0.6) is 0 Å². The highest BCUT2D eigenvalue weighted by atomic mass is 19.1. The van der Waals surface area contributed by atoms with Gasteiger partial charge in [-0.2, -0.15) is 0 Å². The Morgan fingerprint density at radius 1 is 1.19 bits per heavy atom. The average molecular weight is 301 g/mol. The van der Waals surface area contributed by atoms with E-state index in [4.69, 9.17) is 21.7 Å². The van der Waals surface area contributed by atoms with Crippen molar-refractivity contribution in [2.24, 2.45) is 11.5 Å². The molecule has 0 heterocycles. The normalized spacial score (nSPS) is 11.0. The molecule has 118 valence electrons. The van der Waals surface area contributed by atoms with E-state index in [1.54, 1.807) is 0 Å². The van der Waals surface area contributed by atoms with Gasteiger partial charge >= 0.3 is 12.1 Å². The van der Waals surface area contributed by atoms with Crippen molar-refractivity contribution in [3.63, 3.8) is 0 Å². The SMILES string of the molecule is NCCCCC(N)C(=O)O.O=C(O)Nc1ccc(F)cc1. The van der Waals surface area contributed by atoms with Gasteiger partial charge < -0.3 is 21.7 Å². The molecule has 1 amide bonds. The van der Waals surface area contributed by atoms with E-state index < -0.39 is 18.1 Å². The van der Waals surface area contributed by atoms with E-state index in [1.165, 1.54) is 24.3 Å². The van der Waals surface area contributed by atoms with Crippen molar-refractivity contribution >= 4 is 17.7 Å². The van der Waals surface area contributed by atoms with E-state index in [1.807, 2.05) is 0 Å². The number of hydrogen-bond acceptors (Lipinski definition) is 4. The summed E-state index contributed by atoms with van der Waals surface area (Å²) < 4.78 is 12.2. The smallest absolute Gasteiger partial charge is 0.409 e. The molecule has 0 radical (unpaired) electrons. The minimum Gasteiger partial charge on any atom is -0.480 e. The molecule has 1 aromatic rings. The summed E-state index contributed by atoms with van der Waals surface area (Å²) in [5.74, 6) is -1.32. The Morgan fingerprint density at radius 3 is 2.19 bits per heavy atom. The van der Waals surface area contributed by atoms with Crippen molar-refractivity contribution < 1.29 is 24.2 Å². The number of halogens is 1. The molecule has 0 spiro atoms. The van der Waals surface area contributed by atoms with Crippen LogP contribution < -0.4 is 16.8 Å². The van der Waals surface area contributed by atoms with Crippen LogP contribution in [0, 0.1) is 5.82 Å². The number of nitrogens with one attached hydrogen (secondary N) is 1. The fourth-order valence-corrected chi connectivity index (χ4v) is 1.29. The van der Waals surface area contributed by atoms with E-state index in [9.17, 15) is 14.0 Å². The number of benzene rings is 1. The molecule has 1 rings (SSSR count). The van der Waals surface area contributed by atoms with Gasteiger partial charge in [-0.15, -0.1) is 0 Å². The number of carboxylic acid groups (broad SMARTS) is 2. The second-order valence-corrected chi connectivity index (χ2v) is 4.17. The van der Waals surface area contributed by atoms with Gasteiger partial charge in [0, 0.05) is 5.69 Å². The highest BCUT2D eigenvalue weighted by Crippen LogP contribution is 2.07. The van der Waals surface area contributed by atoms with E-state index >= 15 is 0 Å². The Kier molecular flexibility index (Phi) is 9.48. The van der Waals surface area contributed by atoms with Crippen LogP contribution in [-0.4, -0.2) is 34.9 Å². The third kappa shape index (κ3) is 10.3. The lowest BCUT2D eigenvalue weighted by molar-refractivity contribution is -0.138. The van der Waals surface area contributed by atoms with Gasteiger partial charge in [-0.25, -0.2) is 9.18 Å². The zero-order chi connectivity index (χ0) is 16.3. The van der Waals surface area contributed by atoms with Crippen LogP contribution in [0.1, 0.15) is 19.3 Å². The van der Waals surface area contributed by atoms with Gasteiger partial charge in [-0.05, 0) is 43.7 Å². The summed E-state index contributed by atoms with van der Waals surface area (Å²) in [6, 6.07) is 4.36. The number of nitrogens with two attached hydrogens (primary N) is 2. The number of aliphatic carboxylic acids is 1. The molecule has 21 heavy (non-hydrogen) atoms. The number of hydrogen-bond donors (Lipinski definition) is 5. The average Bonchev–Trinajstić information content (AvgIpc) is 2.41. The number of carbonyl (C=O) groups is 2. The van der Waals surface area contributed by atoms with Crippen molar-refractivity contribution in [3.8, 4) is 0 Å². The van der Waals surface area contributed by atoms with Gasteiger partial charge in [-0.1, -0.05) is 6.42 Å². The van der Waals surface area contributed by atoms with Crippen LogP contribution in [0.4, 0.5) is 14.9 Å². The lowest BCUT2D eigenvalue weighted by Gasteiger charge is -2.03. The summed E-state index contributed by atoms with van der Waals surface area (Å²) in [5.41, 5.74) is 10.8. The minimum absolute atomic E-state index is 0.360. The molecule has 1 atom stereocenters. The molecule has 0 aliphatic heterocycles. The Hall–Kier alpha value is -2.19. The molecule has 0 saturated carbocycles. The van der Waals surface area contributed by atoms with Gasteiger partial charge in [-0.3, -0.25) is 10.1 Å². The third-order valence-electron chi connectivity index (χ3n) is 2.38. The summed E-state index contributed by atoms with van der Waals surface area (Å²) >= 11 is 0. The van der Waals surface area contributed by atoms with Crippen molar-refractivity contribution in [1.82, 2.24) is 0 Å². The quantitative estimate of drug-likeness (QED) is 0.504. The number of amides is 1. The largest absolute Gasteiger partial charge is 0.480 e. The minimum atomic E-state index is -1.16. The Morgan fingerprint density at radius 2 is 1.76 bits per heavy atom. The van der Waals surface area contributed by atoms with Crippen molar-refractivity contribution in [1.29, 1.82) is 0 Å². The number of rotatable bonds is 6. The molecule has 0 fully saturated rings. The van der Waals surface area contributed by atoms with Gasteiger partial charge in [0.25, 0.3) is 0 Å². The summed E-state index contributed by atoms with van der Waals surface area (Å²) in [5, 5.41) is 18.6. The predicted octanol–water partition coefficient (Wildman–Crippen LogP) is 1.44. The second kappa shape index (κ2) is 10.6. The summed E-state index contributed by atoms with van der Waals surface area (Å²) in [4.78, 5) is 20.2. The zero-order valence-electron chi connectivity index (χ0n) is 11.5. The lowest BCUT2D eigenvalue weighted by atomic mass is 10.1. The van der Waals surface area contributed by atoms with Crippen molar-refractivity contribution in [2.45, 2.75) is 25.3 Å². The van der Waals surface area contributed by atoms with E-state index in [2.05, 4.69) is 5.32 Å². The number of carboxylic acids is 1. The summed E-state index contributed by atoms with van der Waals surface area (Å²) in [7, 11) is 0. The first-order chi connectivity index (χ1) is 9.86. The van der Waals surface area contributed by atoms with Gasteiger partial charge in [0.1, 0.15) is 11.9 Å². The van der Waals surface area contributed by atoms with Gasteiger partial charge in [0.15, 0.2) is 0 Å². The van der Waals surface area contributed by atoms with Crippen molar-refractivity contribution in [3.05, 3.63) is 30.1 Å². The van der Waals surface area contributed by atoms with Crippen LogP contribution >= 0.6 is 0 Å². The van der Waals surface area contributed by atoms with Crippen LogP contribution in [0.2, 0.25) is 0 Å². The fourth-order valence-electron chi connectivity index (χ4n) is 1.29. The predicted molar refractivity (Wildman–Crippen MR) is 76.6 cm³/mol. The number of anilines is 1. The highest BCUT2D eigenvalue weighted by Gasteiger charge is 2.09. The molecular formula is C13H20FN3O4. The molecule has 0 aliphatic rings. The Balaban J connectivity index is 0.000000384. The molecule has 0 aromatic heterocycles. The number of unbranched alkanes of at least 4 members (excludes halogenated alkanes) is 1. The third-order valence-corrected chi connectivity index (χ3v) is 2.38. The molecule has 7 N–H and O–H groups in total. The maximum atomic E-state index is 12.2. The maximum Gasteiger partial charge on any atom is 0.409 e. The first-order valence-corrected chi connectivity index (χ1v) is 6.30. The molecule has 7 nitrogen and oxygen atoms in total. The highest BCUT2D eigenvalue weighted by molar-refractivity contribution is 5.82. The second-order valence-electron chi connectivity index (χ2n) is 4.17. The van der Waals surface area contributed by atoms with Crippen LogP contribution in [0.3, 0.4) is 0 Å². The summed E-state index contributed by atoms with van der Waals surface area (Å²) in [6.45, 7) is 0.604.